The molecule has 2 amide bonds. The maximum absolute atomic E-state index is 12.8. The monoisotopic (exact) mass is 441 g/mol. The van der Waals surface area contributed by atoms with E-state index in [1.807, 2.05) is 0 Å². The van der Waals surface area contributed by atoms with Crippen molar-refractivity contribution in [2.75, 3.05) is 38.2 Å². The molecule has 0 bridgehead atoms. The van der Waals surface area contributed by atoms with Crippen LogP contribution in [0, 0.1) is 12.8 Å². The zero-order valence-corrected chi connectivity index (χ0v) is 18.9. The van der Waals surface area contributed by atoms with Gasteiger partial charge in [-0.15, -0.1) is 0 Å². The molecule has 1 N–H and O–H groups in total. The van der Waals surface area contributed by atoms with Gasteiger partial charge in [-0.05, 0) is 55.2 Å². The van der Waals surface area contributed by atoms with Gasteiger partial charge in [0.05, 0.1) is 13.2 Å². The van der Waals surface area contributed by atoms with Crippen molar-refractivity contribution in [3.05, 3.63) is 58.0 Å². The lowest BCUT2D eigenvalue weighted by atomic mass is 10.1. The molecule has 2 heterocycles. The molecule has 0 saturated carbocycles. The fourth-order valence-corrected chi connectivity index (χ4v) is 3.39. The summed E-state index contributed by atoms with van der Waals surface area (Å²) in [7, 11) is 0. The molecule has 2 aromatic rings. The van der Waals surface area contributed by atoms with E-state index in [0.29, 0.717) is 55.8 Å². The third kappa shape index (κ3) is 6.20. The van der Waals surface area contributed by atoms with E-state index in [4.69, 9.17) is 9.47 Å². The standard InChI is InChI=1S/C24H31N3O5/c1-17(2)8-10-27-11-9-18(3)22(24(27)30)23(29)25-19-4-6-20(7-5-19)32-16-21(28)26-12-14-31-15-13-26/h4-7,9,11,17H,8,10,12-16H2,1-3H3,(H,25,29). The van der Waals surface area contributed by atoms with Gasteiger partial charge in [-0.3, -0.25) is 14.4 Å². The van der Waals surface area contributed by atoms with Crippen LogP contribution >= 0.6 is 0 Å². The van der Waals surface area contributed by atoms with Crippen LogP contribution in [0.4, 0.5) is 5.69 Å². The van der Waals surface area contributed by atoms with Crippen LogP contribution < -0.4 is 15.6 Å². The molecule has 1 fully saturated rings. The third-order valence-electron chi connectivity index (χ3n) is 5.39. The van der Waals surface area contributed by atoms with Gasteiger partial charge in [0.15, 0.2) is 6.61 Å². The molecule has 1 aliphatic rings. The van der Waals surface area contributed by atoms with E-state index in [-0.39, 0.29) is 23.6 Å². The summed E-state index contributed by atoms with van der Waals surface area (Å²) in [5.41, 5.74) is 1.03. The minimum Gasteiger partial charge on any atom is -0.484 e. The number of hydrogen-bond donors (Lipinski definition) is 1. The summed E-state index contributed by atoms with van der Waals surface area (Å²) in [5, 5.41) is 2.78. The minimum atomic E-state index is -0.442. The topological polar surface area (TPSA) is 89.9 Å². The van der Waals surface area contributed by atoms with E-state index >= 15 is 0 Å². The molecule has 8 nitrogen and oxygen atoms in total. The number of aromatic nitrogens is 1. The number of nitrogens with zero attached hydrogens (tertiary/aromatic N) is 2. The smallest absolute Gasteiger partial charge is 0.263 e. The second-order valence-corrected chi connectivity index (χ2v) is 8.32. The Hall–Kier alpha value is -3.13. The lowest BCUT2D eigenvalue weighted by Gasteiger charge is -2.26. The van der Waals surface area contributed by atoms with Gasteiger partial charge in [0, 0.05) is 31.5 Å². The van der Waals surface area contributed by atoms with Crippen LogP contribution in [0.15, 0.2) is 41.3 Å². The largest absolute Gasteiger partial charge is 0.484 e. The van der Waals surface area contributed by atoms with E-state index < -0.39 is 5.91 Å². The molecule has 8 heteroatoms. The summed E-state index contributed by atoms with van der Waals surface area (Å²) < 4.78 is 12.4. The van der Waals surface area contributed by atoms with Crippen molar-refractivity contribution in [2.24, 2.45) is 5.92 Å². The SMILES string of the molecule is Cc1ccn(CCC(C)C)c(=O)c1C(=O)Nc1ccc(OCC(=O)N2CCOCC2)cc1. The van der Waals surface area contributed by atoms with E-state index in [1.54, 1.807) is 52.9 Å². The Morgan fingerprint density at radius 2 is 1.81 bits per heavy atom. The molecule has 32 heavy (non-hydrogen) atoms. The van der Waals surface area contributed by atoms with Crippen molar-refractivity contribution < 1.29 is 19.1 Å². The van der Waals surface area contributed by atoms with Gasteiger partial charge in [-0.1, -0.05) is 13.8 Å². The van der Waals surface area contributed by atoms with Gasteiger partial charge >= 0.3 is 0 Å². The van der Waals surface area contributed by atoms with Crippen LogP contribution in [0.25, 0.3) is 0 Å². The van der Waals surface area contributed by atoms with Gasteiger partial charge in [0.1, 0.15) is 11.3 Å². The van der Waals surface area contributed by atoms with E-state index in [1.165, 1.54) is 0 Å². The van der Waals surface area contributed by atoms with Gasteiger partial charge in [-0.2, -0.15) is 0 Å². The van der Waals surface area contributed by atoms with Crippen LogP contribution in [-0.4, -0.2) is 54.2 Å². The first-order valence-electron chi connectivity index (χ1n) is 10.9. The number of pyridine rings is 1. The molecule has 1 aromatic carbocycles. The fourth-order valence-electron chi connectivity index (χ4n) is 3.39. The number of ether oxygens (including phenoxy) is 2. The lowest BCUT2D eigenvalue weighted by molar-refractivity contribution is -0.137. The second kappa shape index (κ2) is 10.9. The molecule has 0 spiro atoms. The predicted molar refractivity (Wildman–Crippen MR) is 122 cm³/mol. The maximum Gasteiger partial charge on any atom is 0.263 e. The summed E-state index contributed by atoms with van der Waals surface area (Å²) in [6, 6.07) is 8.52. The number of amides is 2. The van der Waals surface area contributed by atoms with Crippen molar-refractivity contribution in [2.45, 2.75) is 33.7 Å². The summed E-state index contributed by atoms with van der Waals surface area (Å²) >= 11 is 0. The van der Waals surface area contributed by atoms with Crippen molar-refractivity contribution in [3.63, 3.8) is 0 Å². The van der Waals surface area contributed by atoms with Crippen LogP contribution in [0.2, 0.25) is 0 Å². The molecule has 3 rings (SSSR count). The minimum absolute atomic E-state index is 0.0508. The normalized spacial score (nSPS) is 13.8. The maximum atomic E-state index is 12.8. The Bertz CT molecular complexity index is 992. The molecule has 1 aliphatic heterocycles. The molecular formula is C24H31N3O5. The zero-order valence-electron chi connectivity index (χ0n) is 18.9. The molecule has 0 radical (unpaired) electrons. The molecule has 1 saturated heterocycles. The predicted octanol–water partition coefficient (Wildman–Crippen LogP) is 2.69. The quantitative estimate of drug-likeness (QED) is 0.680. The third-order valence-corrected chi connectivity index (χ3v) is 5.39. The number of aryl methyl sites for hydroxylation is 2. The molecule has 0 atom stereocenters. The first-order valence-corrected chi connectivity index (χ1v) is 10.9. The highest BCUT2D eigenvalue weighted by Crippen LogP contribution is 2.17. The van der Waals surface area contributed by atoms with E-state index in [9.17, 15) is 14.4 Å². The Balaban J connectivity index is 1.60. The Morgan fingerprint density at radius 3 is 2.47 bits per heavy atom. The van der Waals surface area contributed by atoms with Crippen molar-refractivity contribution >= 4 is 17.5 Å². The van der Waals surface area contributed by atoms with Crippen molar-refractivity contribution in [1.82, 2.24) is 9.47 Å². The van der Waals surface area contributed by atoms with Crippen molar-refractivity contribution in [3.8, 4) is 5.75 Å². The fraction of sp³-hybridized carbons (Fsp3) is 0.458. The molecular weight excluding hydrogens is 410 g/mol. The first-order chi connectivity index (χ1) is 15.3. The van der Waals surface area contributed by atoms with Crippen LogP contribution in [0.5, 0.6) is 5.75 Å². The van der Waals surface area contributed by atoms with E-state index in [2.05, 4.69) is 19.2 Å². The molecule has 172 valence electrons. The number of carbonyl (C=O) groups excluding carboxylic acids is 2. The van der Waals surface area contributed by atoms with Crippen molar-refractivity contribution in [1.29, 1.82) is 0 Å². The van der Waals surface area contributed by atoms with Gasteiger partial charge in [0.25, 0.3) is 17.4 Å². The number of benzene rings is 1. The molecule has 1 aromatic heterocycles. The average Bonchev–Trinajstić information content (AvgIpc) is 2.78. The van der Waals surface area contributed by atoms with Gasteiger partial charge < -0.3 is 24.3 Å². The highest BCUT2D eigenvalue weighted by atomic mass is 16.5. The Kier molecular flexibility index (Phi) is 8.05. The van der Waals surface area contributed by atoms with E-state index in [0.717, 1.165) is 6.42 Å². The Morgan fingerprint density at radius 1 is 1.12 bits per heavy atom. The van der Waals surface area contributed by atoms with Crippen LogP contribution in [0.3, 0.4) is 0 Å². The number of rotatable bonds is 8. The van der Waals surface area contributed by atoms with Gasteiger partial charge in [-0.25, -0.2) is 0 Å². The van der Waals surface area contributed by atoms with Crippen LogP contribution in [0.1, 0.15) is 36.2 Å². The van der Waals surface area contributed by atoms with Crippen LogP contribution in [-0.2, 0) is 16.1 Å². The Labute approximate surface area is 188 Å². The summed E-state index contributed by atoms with van der Waals surface area (Å²) in [5.74, 6) is 0.462. The number of carbonyl (C=O) groups is 2. The molecule has 0 unspecified atom stereocenters. The summed E-state index contributed by atoms with van der Waals surface area (Å²) in [4.78, 5) is 39.5. The highest BCUT2D eigenvalue weighted by molar-refractivity contribution is 6.05. The van der Waals surface area contributed by atoms with Gasteiger partial charge in [0.2, 0.25) is 0 Å². The first kappa shape index (κ1) is 23.5. The number of hydrogen-bond acceptors (Lipinski definition) is 5. The summed E-state index contributed by atoms with van der Waals surface area (Å²) in [6.07, 6.45) is 2.60. The highest BCUT2D eigenvalue weighted by Gasteiger charge is 2.18. The molecule has 0 aliphatic carbocycles. The zero-order chi connectivity index (χ0) is 23.1. The number of morpholine rings is 1. The lowest BCUT2D eigenvalue weighted by Crippen LogP contribution is -2.42. The second-order valence-electron chi connectivity index (χ2n) is 8.32. The summed E-state index contributed by atoms with van der Waals surface area (Å²) in [6.45, 7) is 8.71. The average molecular weight is 442 g/mol. The number of anilines is 1. The number of nitrogens with one attached hydrogen (secondary N) is 1.